The summed E-state index contributed by atoms with van der Waals surface area (Å²) in [5.41, 5.74) is 6.30. The molecule has 16 heavy (non-hydrogen) atoms. The van der Waals surface area contributed by atoms with Crippen LogP contribution in [-0.4, -0.2) is 22.7 Å². The zero-order valence-corrected chi connectivity index (χ0v) is 10.0. The molecule has 0 radical (unpaired) electrons. The summed E-state index contributed by atoms with van der Waals surface area (Å²) >= 11 is 0. The van der Waals surface area contributed by atoms with E-state index in [9.17, 15) is 0 Å². The SMILES string of the molecule is CC(C)N1CCc2cccc(CNO)c2C1. The van der Waals surface area contributed by atoms with Crippen LogP contribution in [0.4, 0.5) is 0 Å². The number of nitrogens with one attached hydrogen (secondary N) is 1. The Kier molecular flexibility index (Phi) is 3.59. The van der Waals surface area contributed by atoms with Gasteiger partial charge in [-0.25, -0.2) is 5.48 Å². The minimum atomic E-state index is 0.537. The van der Waals surface area contributed by atoms with E-state index in [0.717, 1.165) is 19.5 Å². The molecule has 0 spiro atoms. The molecule has 1 aliphatic heterocycles. The summed E-state index contributed by atoms with van der Waals surface area (Å²) in [6.45, 7) is 7.15. The maximum absolute atomic E-state index is 8.83. The van der Waals surface area contributed by atoms with Gasteiger partial charge in [0.25, 0.3) is 0 Å². The van der Waals surface area contributed by atoms with Gasteiger partial charge < -0.3 is 5.21 Å². The highest BCUT2D eigenvalue weighted by molar-refractivity contribution is 5.37. The summed E-state index contributed by atoms with van der Waals surface area (Å²) in [7, 11) is 0. The van der Waals surface area contributed by atoms with Crippen LogP contribution in [0.5, 0.6) is 0 Å². The fourth-order valence-electron chi connectivity index (χ4n) is 2.36. The zero-order valence-electron chi connectivity index (χ0n) is 10.0. The molecule has 3 nitrogen and oxygen atoms in total. The first-order valence-corrected chi connectivity index (χ1v) is 5.93. The lowest BCUT2D eigenvalue weighted by atomic mass is 9.94. The van der Waals surface area contributed by atoms with Crippen molar-refractivity contribution in [3.63, 3.8) is 0 Å². The van der Waals surface area contributed by atoms with Gasteiger partial charge in [0.15, 0.2) is 0 Å². The van der Waals surface area contributed by atoms with Crippen LogP contribution >= 0.6 is 0 Å². The van der Waals surface area contributed by atoms with Gasteiger partial charge >= 0.3 is 0 Å². The Morgan fingerprint density at radius 1 is 1.44 bits per heavy atom. The molecule has 0 aromatic heterocycles. The molecule has 0 unspecified atom stereocenters. The van der Waals surface area contributed by atoms with Crippen LogP contribution in [0.25, 0.3) is 0 Å². The Morgan fingerprint density at radius 3 is 2.94 bits per heavy atom. The molecule has 88 valence electrons. The Balaban J connectivity index is 2.26. The molecule has 2 rings (SSSR count). The van der Waals surface area contributed by atoms with Gasteiger partial charge in [0, 0.05) is 25.7 Å². The van der Waals surface area contributed by atoms with Crippen LogP contribution in [-0.2, 0) is 19.5 Å². The standard InChI is InChI=1S/C13H20N2O/c1-10(2)15-7-6-11-4-3-5-12(8-14-16)13(11)9-15/h3-5,10,14,16H,6-9H2,1-2H3. The molecular formula is C13H20N2O. The first-order valence-electron chi connectivity index (χ1n) is 5.93. The average molecular weight is 220 g/mol. The van der Waals surface area contributed by atoms with Crippen molar-refractivity contribution >= 4 is 0 Å². The predicted molar refractivity (Wildman–Crippen MR) is 64.3 cm³/mol. The van der Waals surface area contributed by atoms with E-state index in [4.69, 9.17) is 5.21 Å². The summed E-state index contributed by atoms with van der Waals surface area (Å²) in [4.78, 5) is 2.48. The van der Waals surface area contributed by atoms with Gasteiger partial charge in [-0.2, -0.15) is 0 Å². The third kappa shape index (κ3) is 2.26. The van der Waals surface area contributed by atoms with Crippen molar-refractivity contribution < 1.29 is 5.21 Å². The minimum Gasteiger partial charge on any atom is -0.316 e. The molecule has 3 heteroatoms. The number of hydrogen-bond donors (Lipinski definition) is 2. The lowest BCUT2D eigenvalue weighted by molar-refractivity contribution is 0.159. The Morgan fingerprint density at radius 2 is 2.25 bits per heavy atom. The largest absolute Gasteiger partial charge is 0.316 e. The minimum absolute atomic E-state index is 0.537. The number of benzene rings is 1. The van der Waals surface area contributed by atoms with Crippen LogP contribution in [0.15, 0.2) is 18.2 Å². The first-order chi connectivity index (χ1) is 7.72. The molecule has 1 aliphatic rings. The van der Waals surface area contributed by atoms with Crippen LogP contribution < -0.4 is 5.48 Å². The summed E-state index contributed by atoms with van der Waals surface area (Å²) in [6.07, 6.45) is 1.12. The predicted octanol–water partition coefficient (Wildman–Crippen LogP) is 1.93. The lowest BCUT2D eigenvalue weighted by Gasteiger charge is -2.33. The molecule has 0 saturated heterocycles. The van der Waals surface area contributed by atoms with Crippen molar-refractivity contribution in [2.75, 3.05) is 6.54 Å². The number of nitrogens with zero attached hydrogens (tertiary/aromatic N) is 1. The highest BCUT2D eigenvalue weighted by Gasteiger charge is 2.20. The number of rotatable bonds is 3. The monoisotopic (exact) mass is 220 g/mol. The Labute approximate surface area is 97.0 Å². The van der Waals surface area contributed by atoms with Crippen LogP contribution in [0, 0.1) is 0 Å². The van der Waals surface area contributed by atoms with Crippen molar-refractivity contribution in [2.45, 2.75) is 39.4 Å². The smallest absolute Gasteiger partial charge is 0.0461 e. The second-order valence-electron chi connectivity index (χ2n) is 4.70. The van der Waals surface area contributed by atoms with Crippen molar-refractivity contribution in [2.24, 2.45) is 0 Å². The van der Waals surface area contributed by atoms with E-state index in [-0.39, 0.29) is 0 Å². The third-order valence-corrected chi connectivity index (χ3v) is 3.40. The average Bonchev–Trinajstić information content (AvgIpc) is 2.29. The van der Waals surface area contributed by atoms with Gasteiger partial charge in [-0.3, -0.25) is 4.90 Å². The van der Waals surface area contributed by atoms with Gasteiger partial charge in [-0.15, -0.1) is 0 Å². The van der Waals surface area contributed by atoms with E-state index in [0.29, 0.717) is 12.6 Å². The van der Waals surface area contributed by atoms with Gasteiger partial charge in [0.1, 0.15) is 0 Å². The second kappa shape index (κ2) is 4.95. The fraction of sp³-hybridized carbons (Fsp3) is 0.538. The second-order valence-corrected chi connectivity index (χ2v) is 4.70. The van der Waals surface area contributed by atoms with Crippen molar-refractivity contribution in [3.8, 4) is 0 Å². The summed E-state index contributed by atoms with van der Waals surface area (Å²) < 4.78 is 0. The molecule has 1 aromatic carbocycles. The van der Waals surface area contributed by atoms with E-state index in [2.05, 4.69) is 42.4 Å². The van der Waals surface area contributed by atoms with Crippen LogP contribution in [0.2, 0.25) is 0 Å². The summed E-state index contributed by atoms with van der Waals surface area (Å²) in [6, 6.07) is 6.96. The number of hydrogen-bond acceptors (Lipinski definition) is 3. The topological polar surface area (TPSA) is 35.5 Å². The van der Waals surface area contributed by atoms with Gasteiger partial charge in [-0.1, -0.05) is 18.2 Å². The quantitative estimate of drug-likeness (QED) is 0.764. The third-order valence-electron chi connectivity index (χ3n) is 3.40. The van der Waals surface area contributed by atoms with Gasteiger partial charge in [-0.05, 0) is 37.0 Å². The Bertz CT molecular complexity index is 363. The van der Waals surface area contributed by atoms with Crippen molar-refractivity contribution in [3.05, 3.63) is 34.9 Å². The zero-order chi connectivity index (χ0) is 11.5. The van der Waals surface area contributed by atoms with Crippen LogP contribution in [0.1, 0.15) is 30.5 Å². The van der Waals surface area contributed by atoms with E-state index in [1.165, 1.54) is 16.7 Å². The highest BCUT2D eigenvalue weighted by Crippen LogP contribution is 2.23. The summed E-state index contributed by atoms with van der Waals surface area (Å²) in [5.74, 6) is 0. The molecule has 2 N–H and O–H groups in total. The van der Waals surface area contributed by atoms with E-state index in [1.54, 1.807) is 0 Å². The molecule has 0 aliphatic carbocycles. The van der Waals surface area contributed by atoms with Crippen LogP contribution in [0.3, 0.4) is 0 Å². The highest BCUT2D eigenvalue weighted by atomic mass is 16.5. The Hall–Kier alpha value is -0.900. The van der Waals surface area contributed by atoms with Crippen molar-refractivity contribution in [1.29, 1.82) is 0 Å². The molecular weight excluding hydrogens is 200 g/mol. The molecule has 1 aromatic rings. The maximum atomic E-state index is 8.83. The number of hydroxylamine groups is 1. The lowest BCUT2D eigenvalue weighted by Crippen LogP contribution is -2.36. The van der Waals surface area contributed by atoms with Crippen molar-refractivity contribution in [1.82, 2.24) is 10.4 Å². The molecule has 0 bridgehead atoms. The molecule has 0 amide bonds. The normalized spacial score (nSPS) is 16.5. The van der Waals surface area contributed by atoms with E-state index < -0.39 is 0 Å². The fourth-order valence-corrected chi connectivity index (χ4v) is 2.36. The van der Waals surface area contributed by atoms with E-state index >= 15 is 0 Å². The first kappa shape index (κ1) is 11.6. The molecule has 0 saturated carbocycles. The van der Waals surface area contributed by atoms with E-state index in [1.807, 2.05) is 0 Å². The summed E-state index contributed by atoms with van der Waals surface area (Å²) in [5, 5.41) is 8.83. The van der Waals surface area contributed by atoms with Gasteiger partial charge in [0.2, 0.25) is 0 Å². The van der Waals surface area contributed by atoms with Gasteiger partial charge in [0.05, 0.1) is 0 Å². The number of fused-ring (bicyclic) bond motifs is 1. The molecule has 0 fully saturated rings. The molecule has 1 heterocycles. The maximum Gasteiger partial charge on any atom is 0.0461 e. The molecule has 0 atom stereocenters.